The summed E-state index contributed by atoms with van der Waals surface area (Å²) in [6, 6.07) is 2.88. The Hall–Kier alpha value is -1.06. The van der Waals surface area contributed by atoms with Crippen LogP contribution in [0, 0.1) is 5.82 Å². The van der Waals surface area contributed by atoms with Crippen molar-refractivity contribution in [2.45, 2.75) is 38.8 Å². The summed E-state index contributed by atoms with van der Waals surface area (Å²) in [6.45, 7) is 1.98. The summed E-state index contributed by atoms with van der Waals surface area (Å²) in [5.74, 6) is -0.841. The molecule has 0 saturated carbocycles. The Morgan fingerprint density at radius 1 is 1.12 bits per heavy atom. The van der Waals surface area contributed by atoms with Gasteiger partial charge in [-0.15, -0.1) is 0 Å². The molecule has 0 atom stereocenters. The first-order chi connectivity index (χ1) is 7.45. The maximum absolute atomic E-state index is 12.8. The van der Waals surface area contributed by atoms with Gasteiger partial charge < -0.3 is 0 Å². The summed E-state index contributed by atoms with van der Waals surface area (Å²) in [4.78, 5) is 0. The molecule has 0 N–H and O–H groups in total. The molecule has 1 aromatic carbocycles. The molecule has 0 nitrogen and oxygen atoms in total. The van der Waals surface area contributed by atoms with Crippen LogP contribution in [0.25, 0.3) is 0 Å². The van der Waals surface area contributed by atoms with Crippen molar-refractivity contribution in [3.63, 3.8) is 0 Å². The fraction of sp³-hybridized carbons (Fsp3) is 0.500. The fourth-order valence-corrected chi connectivity index (χ4v) is 1.60. The molecular weight excluding hydrogens is 220 g/mol. The van der Waals surface area contributed by atoms with Crippen LogP contribution in [0.4, 0.5) is 17.6 Å². The zero-order valence-corrected chi connectivity index (χ0v) is 9.07. The molecule has 4 heteroatoms. The number of benzene rings is 1. The Balaban J connectivity index is 2.90. The van der Waals surface area contributed by atoms with Crippen LogP contribution in [0.2, 0.25) is 0 Å². The van der Waals surface area contributed by atoms with Gasteiger partial charge in [-0.3, -0.25) is 0 Å². The van der Waals surface area contributed by atoms with Gasteiger partial charge in [0.25, 0.3) is 0 Å². The predicted octanol–water partition coefficient (Wildman–Crippen LogP) is 4.58. The van der Waals surface area contributed by atoms with E-state index in [1.807, 2.05) is 6.92 Å². The van der Waals surface area contributed by atoms with Gasteiger partial charge in [0.15, 0.2) is 0 Å². The van der Waals surface area contributed by atoms with Crippen molar-refractivity contribution in [2.75, 3.05) is 0 Å². The maximum atomic E-state index is 12.8. The standard InChI is InChI=1S/C12H14F4/c1-2-3-4-5-9-6-7-10(13)8-11(9)12(14,15)16/h6-8H,2-5H2,1H3. The topological polar surface area (TPSA) is 0 Å². The molecule has 0 heterocycles. The molecule has 0 radical (unpaired) electrons. The third-order valence-corrected chi connectivity index (χ3v) is 2.43. The van der Waals surface area contributed by atoms with Gasteiger partial charge in [-0.05, 0) is 30.5 Å². The summed E-state index contributed by atoms with van der Waals surface area (Å²) >= 11 is 0. The van der Waals surface area contributed by atoms with Gasteiger partial charge in [-0.25, -0.2) is 4.39 Å². The molecule has 0 saturated heterocycles. The highest BCUT2D eigenvalue weighted by Gasteiger charge is 2.33. The minimum absolute atomic E-state index is 0.183. The Kier molecular flexibility index (Phi) is 4.33. The number of alkyl halides is 3. The molecule has 1 rings (SSSR count). The van der Waals surface area contributed by atoms with Crippen molar-refractivity contribution in [3.8, 4) is 0 Å². The van der Waals surface area contributed by atoms with Crippen LogP contribution in [0.15, 0.2) is 18.2 Å². The molecule has 0 bridgehead atoms. The van der Waals surface area contributed by atoms with Crippen LogP contribution in [0.1, 0.15) is 37.3 Å². The lowest BCUT2D eigenvalue weighted by Crippen LogP contribution is -2.09. The smallest absolute Gasteiger partial charge is 0.207 e. The highest BCUT2D eigenvalue weighted by Crippen LogP contribution is 2.33. The monoisotopic (exact) mass is 234 g/mol. The predicted molar refractivity (Wildman–Crippen MR) is 54.6 cm³/mol. The number of rotatable bonds is 4. The summed E-state index contributed by atoms with van der Waals surface area (Å²) < 4.78 is 50.5. The Labute approximate surface area is 92.3 Å². The van der Waals surface area contributed by atoms with Crippen LogP contribution in [-0.2, 0) is 12.6 Å². The summed E-state index contributed by atoms with van der Waals surface area (Å²) in [6.07, 6.45) is -1.59. The number of hydrogen-bond acceptors (Lipinski definition) is 0. The molecule has 16 heavy (non-hydrogen) atoms. The van der Waals surface area contributed by atoms with E-state index in [1.165, 1.54) is 6.07 Å². The maximum Gasteiger partial charge on any atom is 0.416 e. The molecule has 0 aliphatic rings. The van der Waals surface area contributed by atoms with E-state index in [0.29, 0.717) is 18.9 Å². The van der Waals surface area contributed by atoms with Crippen molar-refractivity contribution >= 4 is 0 Å². The Bertz CT molecular complexity index is 341. The highest BCUT2D eigenvalue weighted by atomic mass is 19.4. The van der Waals surface area contributed by atoms with Gasteiger partial charge in [0.1, 0.15) is 5.82 Å². The molecule has 90 valence electrons. The molecule has 0 unspecified atom stereocenters. The van der Waals surface area contributed by atoms with Crippen LogP contribution >= 0.6 is 0 Å². The zero-order valence-electron chi connectivity index (χ0n) is 9.07. The second-order valence-corrected chi connectivity index (χ2v) is 3.76. The molecule has 0 aromatic heterocycles. The molecule has 1 aromatic rings. The number of hydrogen-bond donors (Lipinski definition) is 0. The van der Waals surface area contributed by atoms with E-state index < -0.39 is 17.6 Å². The lowest BCUT2D eigenvalue weighted by molar-refractivity contribution is -0.138. The molecule has 0 amide bonds. The van der Waals surface area contributed by atoms with Gasteiger partial charge >= 0.3 is 6.18 Å². The quantitative estimate of drug-likeness (QED) is 0.528. The van der Waals surface area contributed by atoms with E-state index in [-0.39, 0.29) is 5.56 Å². The Morgan fingerprint density at radius 3 is 2.38 bits per heavy atom. The van der Waals surface area contributed by atoms with Gasteiger partial charge in [0, 0.05) is 0 Å². The summed E-state index contributed by atoms with van der Waals surface area (Å²) in [5.41, 5.74) is -0.661. The lowest BCUT2D eigenvalue weighted by Gasteiger charge is -2.12. The van der Waals surface area contributed by atoms with Gasteiger partial charge in [-0.2, -0.15) is 13.2 Å². The fourth-order valence-electron chi connectivity index (χ4n) is 1.60. The van der Waals surface area contributed by atoms with Crippen molar-refractivity contribution in [1.82, 2.24) is 0 Å². The lowest BCUT2D eigenvalue weighted by atomic mass is 10.0. The van der Waals surface area contributed by atoms with Crippen molar-refractivity contribution in [1.29, 1.82) is 0 Å². The first-order valence-corrected chi connectivity index (χ1v) is 5.30. The van der Waals surface area contributed by atoms with E-state index in [4.69, 9.17) is 0 Å². The Morgan fingerprint density at radius 2 is 1.81 bits per heavy atom. The van der Waals surface area contributed by atoms with Crippen LogP contribution in [0.3, 0.4) is 0 Å². The normalized spacial score (nSPS) is 11.8. The van der Waals surface area contributed by atoms with Crippen LogP contribution < -0.4 is 0 Å². The average Bonchev–Trinajstić information content (AvgIpc) is 2.19. The highest BCUT2D eigenvalue weighted by molar-refractivity contribution is 5.30. The van der Waals surface area contributed by atoms with E-state index in [2.05, 4.69) is 0 Å². The van der Waals surface area contributed by atoms with E-state index in [9.17, 15) is 17.6 Å². The second-order valence-electron chi connectivity index (χ2n) is 3.76. The second kappa shape index (κ2) is 5.32. The number of halogens is 4. The van der Waals surface area contributed by atoms with Gasteiger partial charge in [0.05, 0.1) is 5.56 Å². The first kappa shape index (κ1) is 13.0. The third-order valence-electron chi connectivity index (χ3n) is 2.43. The zero-order chi connectivity index (χ0) is 12.2. The summed E-state index contributed by atoms with van der Waals surface area (Å²) in [7, 11) is 0. The van der Waals surface area contributed by atoms with E-state index in [1.54, 1.807) is 0 Å². The molecule has 0 aliphatic carbocycles. The minimum Gasteiger partial charge on any atom is -0.207 e. The molecule has 0 aliphatic heterocycles. The largest absolute Gasteiger partial charge is 0.416 e. The van der Waals surface area contributed by atoms with Crippen molar-refractivity contribution < 1.29 is 17.6 Å². The first-order valence-electron chi connectivity index (χ1n) is 5.30. The van der Waals surface area contributed by atoms with Crippen molar-refractivity contribution in [2.24, 2.45) is 0 Å². The third kappa shape index (κ3) is 3.51. The van der Waals surface area contributed by atoms with E-state index in [0.717, 1.165) is 18.9 Å². The average molecular weight is 234 g/mol. The minimum atomic E-state index is -4.47. The number of aryl methyl sites for hydroxylation is 1. The van der Waals surface area contributed by atoms with E-state index >= 15 is 0 Å². The summed E-state index contributed by atoms with van der Waals surface area (Å²) in [5, 5.41) is 0. The molecule has 0 fully saturated rings. The number of unbranched alkanes of at least 4 members (excludes halogenated alkanes) is 2. The van der Waals surface area contributed by atoms with Gasteiger partial charge in [0.2, 0.25) is 0 Å². The van der Waals surface area contributed by atoms with Crippen LogP contribution in [-0.4, -0.2) is 0 Å². The molecule has 0 spiro atoms. The van der Waals surface area contributed by atoms with Crippen LogP contribution in [0.5, 0.6) is 0 Å². The molecular formula is C12H14F4. The van der Waals surface area contributed by atoms with Crippen molar-refractivity contribution in [3.05, 3.63) is 35.1 Å². The SMILES string of the molecule is CCCCCc1ccc(F)cc1C(F)(F)F. The van der Waals surface area contributed by atoms with Gasteiger partial charge in [-0.1, -0.05) is 25.8 Å².